The van der Waals surface area contributed by atoms with E-state index in [4.69, 9.17) is 4.74 Å². The zero-order valence-electron chi connectivity index (χ0n) is 9.25. The van der Waals surface area contributed by atoms with Crippen LogP contribution >= 0.6 is 0 Å². The van der Waals surface area contributed by atoms with Crippen molar-refractivity contribution >= 4 is 6.29 Å². The Balaban J connectivity index is 2.43. The van der Waals surface area contributed by atoms with Gasteiger partial charge in [0, 0.05) is 12.0 Å². The van der Waals surface area contributed by atoms with Gasteiger partial charge in [0.25, 0.3) is 0 Å². The van der Waals surface area contributed by atoms with Gasteiger partial charge in [-0.05, 0) is 23.5 Å². The first-order chi connectivity index (χ1) is 7.13. The van der Waals surface area contributed by atoms with Gasteiger partial charge < -0.3 is 9.53 Å². The summed E-state index contributed by atoms with van der Waals surface area (Å²) in [6, 6.07) is 6.05. The zero-order chi connectivity index (χ0) is 10.9. The summed E-state index contributed by atoms with van der Waals surface area (Å²) in [6.45, 7) is 5.23. The van der Waals surface area contributed by atoms with Crippen LogP contribution in [0.2, 0.25) is 0 Å². The molecule has 2 heteroatoms. The molecule has 1 heterocycles. The Hall–Kier alpha value is -1.31. The van der Waals surface area contributed by atoms with E-state index in [-0.39, 0.29) is 5.41 Å². The number of rotatable bonds is 2. The number of aldehydes is 1. The number of carbonyl (C=O) groups excluding carboxylic acids is 1. The fraction of sp³-hybridized carbons (Fsp3) is 0.462. The molecule has 0 aliphatic carbocycles. The third-order valence-electron chi connectivity index (χ3n) is 3.08. The second-order valence-electron chi connectivity index (χ2n) is 4.68. The van der Waals surface area contributed by atoms with Crippen molar-refractivity contribution in [2.45, 2.75) is 32.1 Å². The Labute approximate surface area is 90.3 Å². The number of fused-ring (bicyclic) bond motifs is 1. The number of hydrogen-bond acceptors (Lipinski definition) is 2. The molecule has 0 saturated carbocycles. The molecule has 2 nitrogen and oxygen atoms in total. The molecule has 0 amide bonds. The van der Waals surface area contributed by atoms with Gasteiger partial charge in [-0.1, -0.05) is 26.0 Å². The summed E-state index contributed by atoms with van der Waals surface area (Å²) in [4.78, 5) is 10.5. The van der Waals surface area contributed by atoms with Crippen LogP contribution in [0.3, 0.4) is 0 Å². The zero-order valence-corrected chi connectivity index (χ0v) is 9.25. The lowest BCUT2D eigenvalue weighted by molar-refractivity contribution is -0.107. The normalized spacial score (nSPS) is 17.7. The Morgan fingerprint density at radius 3 is 3.00 bits per heavy atom. The van der Waals surface area contributed by atoms with E-state index >= 15 is 0 Å². The van der Waals surface area contributed by atoms with Gasteiger partial charge in [0.15, 0.2) is 0 Å². The molecule has 2 rings (SSSR count). The summed E-state index contributed by atoms with van der Waals surface area (Å²) in [5, 5.41) is 0. The molecule has 15 heavy (non-hydrogen) atoms. The van der Waals surface area contributed by atoms with Gasteiger partial charge in [0.1, 0.15) is 12.0 Å². The smallest absolute Gasteiger partial charge is 0.124 e. The minimum absolute atomic E-state index is 0.159. The Morgan fingerprint density at radius 1 is 1.47 bits per heavy atom. The van der Waals surface area contributed by atoms with Crippen LogP contribution in [0.25, 0.3) is 0 Å². The molecule has 0 radical (unpaired) electrons. The number of hydrogen-bond donors (Lipinski definition) is 0. The van der Waals surface area contributed by atoms with E-state index in [2.05, 4.69) is 19.9 Å². The highest BCUT2D eigenvalue weighted by molar-refractivity contribution is 5.56. The van der Waals surface area contributed by atoms with Gasteiger partial charge in [-0.3, -0.25) is 0 Å². The standard InChI is InChI=1S/C13H16O2/c1-13(2)6-8-15-12-4-3-10(5-7-14)9-11(12)13/h3-4,7,9H,5-6,8H2,1-2H3. The monoisotopic (exact) mass is 204 g/mol. The summed E-state index contributed by atoms with van der Waals surface area (Å²) in [6.07, 6.45) is 2.46. The van der Waals surface area contributed by atoms with E-state index in [0.29, 0.717) is 6.42 Å². The summed E-state index contributed by atoms with van der Waals surface area (Å²) in [5.74, 6) is 0.973. The molecule has 1 aliphatic heterocycles. The maximum absolute atomic E-state index is 10.5. The Morgan fingerprint density at radius 2 is 2.27 bits per heavy atom. The van der Waals surface area contributed by atoms with Crippen LogP contribution in [0, 0.1) is 0 Å². The maximum Gasteiger partial charge on any atom is 0.124 e. The van der Waals surface area contributed by atoms with Crippen LogP contribution in [0.5, 0.6) is 5.75 Å². The van der Waals surface area contributed by atoms with E-state index in [1.165, 1.54) is 5.56 Å². The molecule has 0 aromatic heterocycles. The molecule has 1 aliphatic rings. The molecule has 0 bridgehead atoms. The fourth-order valence-corrected chi connectivity index (χ4v) is 2.01. The molecule has 80 valence electrons. The quantitative estimate of drug-likeness (QED) is 0.692. The van der Waals surface area contributed by atoms with Crippen LogP contribution in [-0.2, 0) is 16.6 Å². The molecule has 0 fully saturated rings. The lowest BCUT2D eigenvalue weighted by Gasteiger charge is -2.32. The Kier molecular flexibility index (Phi) is 2.51. The van der Waals surface area contributed by atoms with Crippen LogP contribution in [0.4, 0.5) is 0 Å². The van der Waals surface area contributed by atoms with Crippen LogP contribution in [0.1, 0.15) is 31.4 Å². The molecule has 1 aromatic carbocycles. The van der Waals surface area contributed by atoms with Crippen molar-refractivity contribution in [2.24, 2.45) is 0 Å². The first kappa shape index (κ1) is 10.2. The van der Waals surface area contributed by atoms with E-state index in [0.717, 1.165) is 30.6 Å². The third kappa shape index (κ3) is 1.89. The average molecular weight is 204 g/mol. The van der Waals surface area contributed by atoms with Crippen molar-refractivity contribution in [3.63, 3.8) is 0 Å². The van der Waals surface area contributed by atoms with E-state index in [1.807, 2.05) is 12.1 Å². The van der Waals surface area contributed by atoms with Crippen LogP contribution < -0.4 is 4.74 Å². The van der Waals surface area contributed by atoms with Gasteiger partial charge in [0.05, 0.1) is 6.61 Å². The van der Waals surface area contributed by atoms with Crippen molar-refractivity contribution in [1.82, 2.24) is 0 Å². The number of carbonyl (C=O) groups is 1. The third-order valence-corrected chi connectivity index (χ3v) is 3.08. The van der Waals surface area contributed by atoms with Gasteiger partial charge in [-0.2, -0.15) is 0 Å². The van der Waals surface area contributed by atoms with Crippen molar-refractivity contribution in [3.05, 3.63) is 29.3 Å². The summed E-state index contributed by atoms with van der Waals surface area (Å²) < 4.78 is 5.60. The second-order valence-corrected chi connectivity index (χ2v) is 4.68. The lowest BCUT2D eigenvalue weighted by atomic mass is 9.79. The minimum atomic E-state index is 0.159. The van der Waals surface area contributed by atoms with E-state index < -0.39 is 0 Å². The summed E-state index contributed by atoms with van der Waals surface area (Å²) in [7, 11) is 0. The highest BCUT2D eigenvalue weighted by Crippen LogP contribution is 2.38. The highest BCUT2D eigenvalue weighted by Gasteiger charge is 2.28. The van der Waals surface area contributed by atoms with E-state index in [9.17, 15) is 4.79 Å². The molecule has 0 N–H and O–H groups in total. The Bertz CT molecular complexity index is 380. The van der Waals surface area contributed by atoms with Crippen molar-refractivity contribution < 1.29 is 9.53 Å². The first-order valence-electron chi connectivity index (χ1n) is 5.33. The largest absolute Gasteiger partial charge is 0.493 e. The second kappa shape index (κ2) is 3.69. The number of ether oxygens (including phenoxy) is 1. The van der Waals surface area contributed by atoms with Gasteiger partial charge in [-0.25, -0.2) is 0 Å². The fourth-order valence-electron chi connectivity index (χ4n) is 2.01. The highest BCUT2D eigenvalue weighted by atomic mass is 16.5. The van der Waals surface area contributed by atoms with Crippen molar-refractivity contribution in [2.75, 3.05) is 6.61 Å². The minimum Gasteiger partial charge on any atom is -0.493 e. The SMILES string of the molecule is CC1(C)CCOc2ccc(CC=O)cc21. The van der Waals surface area contributed by atoms with Gasteiger partial charge >= 0.3 is 0 Å². The summed E-state index contributed by atoms with van der Waals surface area (Å²) >= 11 is 0. The molecule has 0 saturated heterocycles. The number of benzene rings is 1. The predicted molar refractivity (Wildman–Crippen MR) is 59.3 cm³/mol. The van der Waals surface area contributed by atoms with Crippen LogP contribution in [-0.4, -0.2) is 12.9 Å². The van der Waals surface area contributed by atoms with Crippen molar-refractivity contribution in [3.8, 4) is 5.75 Å². The maximum atomic E-state index is 10.5. The van der Waals surface area contributed by atoms with E-state index in [1.54, 1.807) is 0 Å². The molecule has 0 atom stereocenters. The first-order valence-corrected chi connectivity index (χ1v) is 5.33. The van der Waals surface area contributed by atoms with Crippen molar-refractivity contribution in [1.29, 1.82) is 0 Å². The average Bonchev–Trinajstić information content (AvgIpc) is 2.19. The molecular formula is C13H16O2. The molecule has 0 spiro atoms. The van der Waals surface area contributed by atoms with Crippen LogP contribution in [0.15, 0.2) is 18.2 Å². The lowest BCUT2D eigenvalue weighted by Crippen LogP contribution is -2.26. The predicted octanol–water partition coefficient (Wildman–Crippen LogP) is 2.49. The van der Waals surface area contributed by atoms with Gasteiger partial charge in [0.2, 0.25) is 0 Å². The topological polar surface area (TPSA) is 26.3 Å². The molecule has 0 unspecified atom stereocenters. The molecular weight excluding hydrogens is 188 g/mol. The molecule has 1 aromatic rings. The van der Waals surface area contributed by atoms with Gasteiger partial charge in [-0.15, -0.1) is 0 Å². The summed E-state index contributed by atoms with van der Waals surface area (Å²) in [5.41, 5.74) is 2.46.